The first kappa shape index (κ1) is 15.6. The quantitative estimate of drug-likeness (QED) is 0.923. The molecule has 1 atom stereocenters. The molecule has 2 aromatic rings. The summed E-state index contributed by atoms with van der Waals surface area (Å²) in [5.74, 6) is 0.826. The number of β-amino-alcohol motifs (C(OH)–C–C–N with tert-alkyl or cyclic N) is 1. The number of amides is 1. The minimum Gasteiger partial charge on any atom is -0.492 e. The lowest BCUT2D eigenvalue weighted by atomic mass is 10.1. The first-order chi connectivity index (χ1) is 11.2. The molecular weight excluding hydrogens is 290 g/mol. The van der Waals surface area contributed by atoms with Gasteiger partial charge in [0.1, 0.15) is 5.75 Å². The SMILES string of the molecule is O=C(CCOc1ccccc1-c1ccccc1)N1CC[C@H](O)C1. The highest BCUT2D eigenvalue weighted by molar-refractivity contribution is 5.76. The Bertz CT molecular complexity index is 657. The molecule has 0 aliphatic carbocycles. The van der Waals surface area contributed by atoms with Crippen LogP contribution in [0.1, 0.15) is 12.8 Å². The topological polar surface area (TPSA) is 49.8 Å². The van der Waals surface area contributed by atoms with Gasteiger partial charge in [0.25, 0.3) is 0 Å². The van der Waals surface area contributed by atoms with Gasteiger partial charge in [-0.15, -0.1) is 0 Å². The van der Waals surface area contributed by atoms with Crippen molar-refractivity contribution in [3.63, 3.8) is 0 Å². The molecule has 3 rings (SSSR count). The van der Waals surface area contributed by atoms with E-state index in [1.807, 2.05) is 54.6 Å². The second-order valence-electron chi connectivity index (χ2n) is 5.74. The number of carbonyl (C=O) groups is 1. The molecule has 0 unspecified atom stereocenters. The van der Waals surface area contributed by atoms with Gasteiger partial charge >= 0.3 is 0 Å². The highest BCUT2D eigenvalue weighted by Crippen LogP contribution is 2.29. The van der Waals surface area contributed by atoms with Crippen LogP contribution in [-0.4, -0.2) is 41.7 Å². The summed E-state index contributed by atoms with van der Waals surface area (Å²) in [5, 5.41) is 9.49. The minimum atomic E-state index is -0.376. The number of ether oxygens (including phenoxy) is 1. The Hall–Kier alpha value is -2.33. The second kappa shape index (κ2) is 7.29. The summed E-state index contributed by atoms with van der Waals surface area (Å²) in [6.07, 6.45) is 0.623. The number of para-hydroxylation sites is 1. The number of rotatable bonds is 5. The molecule has 1 heterocycles. The van der Waals surface area contributed by atoms with Gasteiger partial charge in [0.2, 0.25) is 5.91 Å². The van der Waals surface area contributed by atoms with Crippen LogP contribution < -0.4 is 4.74 Å². The van der Waals surface area contributed by atoms with Crippen molar-refractivity contribution >= 4 is 5.91 Å². The zero-order chi connectivity index (χ0) is 16.1. The van der Waals surface area contributed by atoms with E-state index in [0.717, 1.165) is 16.9 Å². The molecule has 2 aromatic carbocycles. The van der Waals surface area contributed by atoms with Crippen LogP contribution in [0.15, 0.2) is 54.6 Å². The van der Waals surface area contributed by atoms with E-state index in [0.29, 0.717) is 32.5 Å². The van der Waals surface area contributed by atoms with Crippen molar-refractivity contribution in [2.24, 2.45) is 0 Å². The largest absolute Gasteiger partial charge is 0.492 e. The van der Waals surface area contributed by atoms with Gasteiger partial charge in [0.05, 0.1) is 19.1 Å². The van der Waals surface area contributed by atoms with Gasteiger partial charge in [-0.2, -0.15) is 0 Å². The number of nitrogens with zero attached hydrogens (tertiary/aromatic N) is 1. The van der Waals surface area contributed by atoms with E-state index in [4.69, 9.17) is 4.74 Å². The summed E-state index contributed by atoms with van der Waals surface area (Å²) < 4.78 is 5.84. The molecule has 0 radical (unpaired) electrons. The molecule has 1 aliphatic rings. The number of benzene rings is 2. The third kappa shape index (κ3) is 3.90. The van der Waals surface area contributed by atoms with Crippen molar-refractivity contribution in [1.82, 2.24) is 4.90 Å². The summed E-state index contributed by atoms with van der Waals surface area (Å²) in [7, 11) is 0. The predicted molar refractivity (Wildman–Crippen MR) is 89.2 cm³/mol. The van der Waals surface area contributed by atoms with Crippen LogP contribution in [0.3, 0.4) is 0 Å². The Labute approximate surface area is 136 Å². The summed E-state index contributed by atoms with van der Waals surface area (Å²) in [6.45, 7) is 1.43. The molecule has 4 nitrogen and oxygen atoms in total. The van der Waals surface area contributed by atoms with Gasteiger partial charge < -0.3 is 14.7 Å². The fourth-order valence-electron chi connectivity index (χ4n) is 2.82. The van der Waals surface area contributed by atoms with Crippen LogP contribution >= 0.6 is 0 Å². The Morgan fingerprint density at radius 1 is 1.13 bits per heavy atom. The lowest BCUT2D eigenvalue weighted by molar-refractivity contribution is -0.131. The standard InChI is InChI=1S/C19H21NO3/c21-16-10-12-20(14-16)19(22)11-13-23-18-9-5-4-8-17(18)15-6-2-1-3-7-15/h1-9,16,21H,10-14H2/t16-/m0/s1. The zero-order valence-electron chi connectivity index (χ0n) is 13.0. The molecule has 23 heavy (non-hydrogen) atoms. The van der Waals surface area contributed by atoms with E-state index in [9.17, 15) is 9.90 Å². The van der Waals surface area contributed by atoms with Crippen LogP contribution in [-0.2, 0) is 4.79 Å². The Balaban J connectivity index is 1.60. The summed E-state index contributed by atoms with van der Waals surface area (Å²) in [4.78, 5) is 13.8. The Morgan fingerprint density at radius 3 is 2.61 bits per heavy atom. The molecule has 120 valence electrons. The number of likely N-dealkylation sites (tertiary alicyclic amines) is 1. The van der Waals surface area contributed by atoms with Gasteiger partial charge in [-0.25, -0.2) is 0 Å². The molecule has 1 aliphatic heterocycles. The van der Waals surface area contributed by atoms with Crippen LogP contribution in [0.2, 0.25) is 0 Å². The van der Waals surface area contributed by atoms with Gasteiger partial charge in [0.15, 0.2) is 0 Å². The normalized spacial score (nSPS) is 17.3. The van der Waals surface area contributed by atoms with E-state index in [2.05, 4.69) is 0 Å². The molecule has 1 fully saturated rings. The summed E-state index contributed by atoms with van der Waals surface area (Å²) in [6, 6.07) is 17.9. The smallest absolute Gasteiger partial charge is 0.226 e. The van der Waals surface area contributed by atoms with Gasteiger partial charge in [0, 0.05) is 18.7 Å². The summed E-state index contributed by atoms with van der Waals surface area (Å²) in [5.41, 5.74) is 2.12. The highest BCUT2D eigenvalue weighted by atomic mass is 16.5. The number of hydrogen-bond acceptors (Lipinski definition) is 3. The predicted octanol–water partition coefficient (Wildman–Crippen LogP) is 2.72. The molecule has 0 aromatic heterocycles. The summed E-state index contributed by atoms with van der Waals surface area (Å²) >= 11 is 0. The van der Waals surface area contributed by atoms with Gasteiger partial charge in [-0.05, 0) is 18.1 Å². The maximum Gasteiger partial charge on any atom is 0.226 e. The molecule has 4 heteroatoms. The number of aliphatic hydroxyl groups excluding tert-OH is 1. The van der Waals surface area contributed by atoms with Crippen molar-refractivity contribution < 1.29 is 14.6 Å². The Kier molecular flexibility index (Phi) is 4.93. The maximum atomic E-state index is 12.1. The van der Waals surface area contributed by atoms with E-state index < -0.39 is 0 Å². The van der Waals surface area contributed by atoms with Crippen molar-refractivity contribution in [3.05, 3.63) is 54.6 Å². The van der Waals surface area contributed by atoms with Crippen molar-refractivity contribution in [2.75, 3.05) is 19.7 Å². The second-order valence-corrected chi connectivity index (χ2v) is 5.74. The fraction of sp³-hybridized carbons (Fsp3) is 0.316. The molecular formula is C19H21NO3. The first-order valence-electron chi connectivity index (χ1n) is 7.97. The van der Waals surface area contributed by atoms with E-state index in [-0.39, 0.29) is 12.0 Å². The van der Waals surface area contributed by atoms with E-state index >= 15 is 0 Å². The lowest BCUT2D eigenvalue weighted by Crippen LogP contribution is -2.30. The average Bonchev–Trinajstić information content (AvgIpc) is 3.03. The molecule has 1 saturated heterocycles. The molecule has 0 saturated carbocycles. The molecule has 0 bridgehead atoms. The van der Waals surface area contributed by atoms with Crippen LogP contribution in [0, 0.1) is 0 Å². The van der Waals surface area contributed by atoms with Crippen molar-refractivity contribution in [3.8, 4) is 16.9 Å². The van der Waals surface area contributed by atoms with Gasteiger partial charge in [-0.1, -0.05) is 48.5 Å². The number of aliphatic hydroxyl groups is 1. The molecule has 1 N–H and O–H groups in total. The van der Waals surface area contributed by atoms with E-state index in [1.165, 1.54) is 0 Å². The third-order valence-electron chi connectivity index (χ3n) is 4.06. The van der Waals surface area contributed by atoms with Crippen molar-refractivity contribution in [1.29, 1.82) is 0 Å². The van der Waals surface area contributed by atoms with Crippen molar-refractivity contribution in [2.45, 2.75) is 18.9 Å². The zero-order valence-corrected chi connectivity index (χ0v) is 13.0. The third-order valence-corrected chi connectivity index (χ3v) is 4.06. The monoisotopic (exact) mass is 311 g/mol. The molecule has 1 amide bonds. The first-order valence-corrected chi connectivity index (χ1v) is 7.97. The van der Waals surface area contributed by atoms with E-state index in [1.54, 1.807) is 4.90 Å². The van der Waals surface area contributed by atoms with Crippen LogP contribution in [0.5, 0.6) is 5.75 Å². The maximum absolute atomic E-state index is 12.1. The minimum absolute atomic E-state index is 0.0405. The Morgan fingerprint density at radius 2 is 1.87 bits per heavy atom. The number of carbonyl (C=O) groups excluding carboxylic acids is 1. The van der Waals surface area contributed by atoms with Crippen LogP contribution in [0.4, 0.5) is 0 Å². The molecule has 0 spiro atoms. The highest BCUT2D eigenvalue weighted by Gasteiger charge is 2.24. The number of hydrogen-bond donors (Lipinski definition) is 1. The fourth-order valence-corrected chi connectivity index (χ4v) is 2.82. The average molecular weight is 311 g/mol. The van der Waals surface area contributed by atoms with Gasteiger partial charge in [-0.3, -0.25) is 4.79 Å². The lowest BCUT2D eigenvalue weighted by Gasteiger charge is -2.16. The van der Waals surface area contributed by atoms with Crippen LogP contribution in [0.25, 0.3) is 11.1 Å².